The lowest BCUT2D eigenvalue weighted by Gasteiger charge is -1.89. The number of rotatable bonds is 0. The SMILES string of the molecule is CC1=CC2=C(C=CC2)C1. The minimum atomic E-state index is 1.17. The van der Waals surface area contributed by atoms with Gasteiger partial charge in [0.1, 0.15) is 0 Å². The maximum absolute atomic E-state index is 2.31. The Morgan fingerprint density at radius 3 is 3.00 bits per heavy atom. The molecule has 0 heterocycles. The molecule has 0 nitrogen and oxygen atoms in total. The summed E-state index contributed by atoms with van der Waals surface area (Å²) in [5.74, 6) is 0. The van der Waals surface area contributed by atoms with E-state index in [1.807, 2.05) is 0 Å². The standard InChI is InChI=1S/C9H10/c1-7-5-8-3-2-4-9(8)6-7/h2-3,6H,4-5H2,1H3. The second-order valence-corrected chi connectivity index (χ2v) is 2.82. The minimum Gasteiger partial charge on any atom is -0.0798 e. The molecule has 0 saturated heterocycles. The molecule has 0 aromatic rings. The van der Waals surface area contributed by atoms with E-state index in [4.69, 9.17) is 0 Å². The summed E-state index contributed by atoms with van der Waals surface area (Å²) in [5.41, 5.74) is 4.62. The van der Waals surface area contributed by atoms with Gasteiger partial charge in [0.15, 0.2) is 0 Å². The molecule has 0 heteroatoms. The highest BCUT2D eigenvalue weighted by molar-refractivity contribution is 5.48. The summed E-state index contributed by atoms with van der Waals surface area (Å²) in [6.45, 7) is 2.20. The van der Waals surface area contributed by atoms with Crippen LogP contribution >= 0.6 is 0 Å². The van der Waals surface area contributed by atoms with Gasteiger partial charge in [-0.25, -0.2) is 0 Å². The summed E-state index contributed by atoms with van der Waals surface area (Å²) < 4.78 is 0. The van der Waals surface area contributed by atoms with E-state index in [9.17, 15) is 0 Å². The Labute approximate surface area is 55.6 Å². The lowest BCUT2D eigenvalue weighted by molar-refractivity contribution is 1.20. The van der Waals surface area contributed by atoms with Gasteiger partial charge in [0.2, 0.25) is 0 Å². The predicted octanol–water partition coefficient (Wildman–Crippen LogP) is 2.59. The van der Waals surface area contributed by atoms with E-state index in [1.165, 1.54) is 18.4 Å². The lowest BCUT2D eigenvalue weighted by atomic mass is 10.2. The van der Waals surface area contributed by atoms with E-state index < -0.39 is 0 Å². The van der Waals surface area contributed by atoms with E-state index in [1.54, 1.807) is 11.1 Å². The van der Waals surface area contributed by atoms with Crippen LogP contribution in [0.1, 0.15) is 19.8 Å². The van der Waals surface area contributed by atoms with Crippen LogP contribution in [-0.4, -0.2) is 0 Å². The Morgan fingerprint density at radius 2 is 2.22 bits per heavy atom. The average Bonchev–Trinajstić information content (AvgIpc) is 2.22. The van der Waals surface area contributed by atoms with Gasteiger partial charge in [-0.15, -0.1) is 0 Å². The van der Waals surface area contributed by atoms with Gasteiger partial charge in [0.25, 0.3) is 0 Å². The van der Waals surface area contributed by atoms with E-state index >= 15 is 0 Å². The number of hydrogen-bond acceptors (Lipinski definition) is 0. The zero-order chi connectivity index (χ0) is 6.27. The van der Waals surface area contributed by atoms with Crippen LogP contribution in [0.5, 0.6) is 0 Å². The van der Waals surface area contributed by atoms with Gasteiger partial charge in [-0.05, 0) is 30.9 Å². The monoisotopic (exact) mass is 118 g/mol. The number of hydrogen-bond donors (Lipinski definition) is 0. The quantitative estimate of drug-likeness (QED) is 0.458. The Morgan fingerprint density at radius 1 is 1.33 bits per heavy atom. The van der Waals surface area contributed by atoms with Crippen LogP contribution in [0.25, 0.3) is 0 Å². The summed E-state index contributed by atoms with van der Waals surface area (Å²) in [4.78, 5) is 0. The first-order valence-corrected chi connectivity index (χ1v) is 3.42. The van der Waals surface area contributed by atoms with Crippen molar-refractivity contribution in [2.24, 2.45) is 0 Å². The summed E-state index contributed by atoms with van der Waals surface area (Å²) in [5, 5.41) is 0. The Kier molecular flexibility index (Phi) is 0.895. The first-order valence-electron chi connectivity index (χ1n) is 3.42. The third-order valence-corrected chi connectivity index (χ3v) is 1.96. The molecule has 46 valence electrons. The Hall–Kier alpha value is -0.780. The van der Waals surface area contributed by atoms with Gasteiger partial charge in [-0.3, -0.25) is 0 Å². The van der Waals surface area contributed by atoms with Crippen LogP contribution in [0.15, 0.2) is 34.9 Å². The van der Waals surface area contributed by atoms with Crippen molar-refractivity contribution in [3.05, 3.63) is 34.9 Å². The van der Waals surface area contributed by atoms with Crippen LogP contribution in [0, 0.1) is 0 Å². The molecule has 0 aliphatic heterocycles. The van der Waals surface area contributed by atoms with Gasteiger partial charge >= 0.3 is 0 Å². The topological polar surface area (TPSA) is 0 Å². The smallest absolute Gasteiger partial charge is 0.00639 e. The molecule has 0 fully saturated rings. The molecule has 0 N–H and O–H groups in total. The molecule has 0 saturated carbocycles. The fourth-order valence-electron chi connectivity index (χ4n) is 1.54. The largest absolute Gasteiger partial charge is 0.0798 e. The zero-order valence-electron chi connectivity index (χ0n) is 5.65. The van der Waals surface area contributed by atoms with Gasteiger partial charge in [0.05, 0.1) is 0 Å². The van der Waals surface area contributed by atoms with E-state index in [2.05, 4.69) is 25.2 Å². The first kappa shape index (κ1) is 5.04. The summed E-state index contributed by atoms with van der Waals surface area (Å²) in [7, 11) is 0. The first-order chi connectivity index (χ1) is 4.36. The maximum atomic E-state index is 2.31. The average molecular weight is 118 g/mol. The van der Waals surface area contributed by atoms with Gasteiger partial charge in [-0.1, -0.05) is 23.8 Å². The molecule has 0 aromatic heterocycles. The normalized spacial score (nSPS) is 23.0. The zero-order valence-corrected chi connectivity index (χ0v) is 5.65. The molecule has 9 heavy (non-hydrogen) atoms. The second-order valence-electron chi connectivity index (χ2n) is 2.82. The molecule has 2 aliphatic carbocycles. The Bertz CT molecular complexity index is 226. The van der Waals surface area contributed by atoms with Crippen molar-refractivity contribution in [1.82, 2.24) is 0 Å². The van der Waals surface area contributed by atoms with Gasteiger partial charge < -0.3 is 0 Å². The van der Waals surface area contributed by atoms with Crippen LogP contribution in [-0.2, 0) is 0 Å². The highest BCUT2D eigenvalue weighted by Gasteiger charge is 2.12. The van der Waals surface area contributed by atoms with Crippen LogP contribution in [0.2, 0.25) is 0 Å². The third-order valence-electron chi connectivity index (χ3n) is 1.96. The molecule has 0 bridgehead atoms. The molecular formula is C9H10. The maximum Gasteiger partial charge on any atom is -0.00639 e. The molecule has 2 rings (SSSR count). The highest BCUT2D eigenvalue weighted by Crippen LogP contribution is 2.32. The van der Waals surface area contributed by atoms with Crippen molar-refractivity contribution in [1.29, 1.82) is 0 Å². The van der Waals surface area contributed by atoms with Crippen molar-refractivity contribution < 1.29 is 0 Å². The summed E-state index contributed by atoms with van der Waals surface area (Å²) in [6.07, 6.45) is 9.18. The second kappa shape index (κ2) is 1.60. The third kappa shape index (κ3) is 0.663. The van der Waals surface area contributed by atoms with Gasteiger partial charge in [0, 0.05) is 0 Å². The van der Waals surface area contributed by atoms with Crippen molar-refractivity contribution >= 4 is 0 Å². The minimum absolute atomic E-state index is 1.17. The van der Waals surface area contributed by atoms with Crippen molar-refractivity contribution in [2.75, 3.05) is 0 Å². The molecule has 0 radical (unpaired) electrons. The fraction of sp³-hybridized carbons (Fsp3) is 0.333. The molecule has 0 amide bonds. The van der Waals surface area contributed by atoms with Crippen molar-refractivity contribution in [3.8, 4) is 0 Å². The van der Waals surface area contributed by atoms with Gasteiger partial charge in [-0.2, -0.15) is 0 Å². The summed E-state index contributed by atoms with van der Waals surface area (Å²) >= 11 is 0. The predicted molar refractivity (Wildman–Crippen MR) is 39.2 cm³/mol. The van der Waals surface area contributed by atoms with Crippen molar-refractivity contribution in [2.45, 2.75) is 19.8 Å². The molecule has 0 aromatic carbocycles. The molecular weight excluding hydrogens is 108 g/mol. The number of allylic oxidation sites excluding steroid dienone is 6. The van der Waals surface area contributed by atoms with E-state index in [0.717, 1.165) is 0 Å². The fourth-order valence-corrected chi connectivity index (χ4v) is 1.54. The molecule has 0 spiro atoms. The summed E-state index contributed by atoms with van der Waals surface area (Å²) in [6, 6.07) is 0. The lowest BCUT2D eigenvalue weighted by Crippen LogP contribution is -1.70. The molecule has 0 atom stereocenters. The molecule has 0 unspecified atom stereocenters. The van der Waals surface area contributed by atoms with E-state index in [-0.39, 0.29) is 0 Å². The van der Waals surface area contributed by atoms with Crippen LogP contribution in [0.3, 0.4) is 0 Å². The molecule has 2 aliphatic rings. The Balaban J connectivity index is 2.34. The van der Waals surface area contributed by atoms with Crippen molar-refractivity contribution in [3.63, 3.8) is 0 Å². The van der Waals surface area contributed by atoms with Crippen LogP contribution in [0.4, 0.5) is 0 Å². The highest BCUT2D eigenvalue weighted by atomic mass is 14.2. The van der Waals surface area contributed by atoms with Crippen LogP contribution < -0.4 is 0 Å². The van der Waals surface area contributed by atoms with E-state index in [0.29, 0.717) is 0 Å².